The van der Waals surface area contributed by atoms with Crippen molar-refractivity contribution in [2.45, 2.75) is 19.3 Å². The second-order valence-corrected chi connectivity index (χ2v) is 4.35. The van der Waals surface area contributed by atoms with Gasteiger partial charge >= 0.3 is 0 Å². The molecule has 0 bridgehead atoms. The highest BCUT2D eigenvalue weighted by atomic mass is 79.9. The van der Waals surface area contributed by atoms with E-state index in [-0.39, 0.29) is 11.5 Å². The number of rotatable bonds is 5. The van der Waals surface area contributed by atoms with Crippen LogP contribution in [0.25, 0.3) is 0 Å². The number of carbonyl (C=O) groups excluding carboxylic acids is 1. The van der Waals surface area contributed by atoms with E-state index in [1.54, 1.807) is 0 Å². The molecule has 0 heterocycles. The number of nitrogens with one attached hydrogen (secondary N) is 1. The van der Waals surface area contributed by atoms with Crippen LogP contribution in [0.2, 0.25) is 0 Å². The molecule has 0 aliphatic heterocycles. The van der Waals surface area contributed by atoms with Gasteiger partial charge in [-0.1, -0.05) is 0 Å². The molecule has 0 saturated heterocycles. The van der Waals surface area contributed by atoms with E-state index in [4.69, 9.17) is 5.26 Å². The van der Waals surface area contributed by atoms with Gasteiger partial charge in [-0.15, -0.1) is 0 Å². The van der Waals surface area contributed by atoms with E-state index in [2.05, 4.69) is 21.2 Å². The van der Waals surface area contributed by atoms with Crippen molar-refractivity contribution in [3.8, 4) is 6.07 Å². The normalized spacial score (nSPS) is 9.71. The maximum Gasteiger partial charge on any atom is 0.252 e. The fourth-order valence-electron chi connectivity index (χ4n) is 1.30. The lowest BCUT2D eigenvalue weighted by atomic mass is 10.2. The number of benzene rings is 1. The number of unbranched alkanes of at least 4 members (excludes halogenated alkanes) is 2. The lowest BCUT2D eigenvalue weighted by molar-refractivity contribution is 0.0952. The van der Waals surface area contributed by atoms with Crippen molar-refractivity contribution in [1.29, 1.82) is 5.26 Å². The monoisotopic (exact) mass is 298 g/mol. The summed E-state index contributed by atoms with van der Waals surface area (Å²) in [6.45, 7) is 0.490. The topological polar surface area (TPSA) is 52.9 Å². The van der Waals surface area contributed by atoms with Crippen molar-refractivity contribution in [2.75, 3.05) is 6.54 Å². The molecule has 0 aliphatic carbocycles. The number of carbonyl (C=O) groups is 1. The fraction of sp³-hybridized carbons (Fsp3) is 0.333. The van der Waals surface area contributed by atoms with E-state index in [1.807, 2.05) is 6.07 Å². The lowest BCUT2D eigenvalue weighted by Crippen LogP contribution is -2.24. The Morgan fingerprint density at radius 3 is 2.94 bits per heavy atom. The molecular formula is C12H12BrFN2O. The number of hydrogen-bond donors (Lipinski definition) is 1. The minimum absolute atomic E-state index is 0.283. The minimum atomic E-state index is -0.442. The van der Waals surface area contributed by atoms with Crippen molar-refractivity contribution in [3.63, 3.8) is 0 Å². The van der Waals surface area contributed by atoms with Crippen LogP contribution in [0.1, 0.15) is 29.6 Å². The van der Waals surface area contributed by atoms with Gasteiger partial charge in [-0.3, -0.25) is 4.79 Å². The maximum absolute atomic E-state index is 13.0. The Balaban J connectivity index is 2.47. The quantitative estimate of drug-likeness (QED) is 0.850. The molecule has 0 radical (unpaired) electrons. The smallest absolute Gasteiger partial charge is 0.252 e. The molecule has 0 fully saturated rings. The zero-order valence-corrected chi connectivity index (χ0v) is 10.8. The van der Waals surface area contributed by atoms with E-state index in [9.17, 15) is 9.18 Å². The van der Waals surface area contributed by atoms with Gasteiger partial charge in [-0.05, 0) is 47.0 Å². The van der Waals surface area contributed by atoms with Crippen LogP contribution in [0.3, 0.4) is 0 Å². The summed E-state index contributed by atoms with van der Waals surface area (Å²) in [5, 5.41) is 11.0. The molecule has 17 heavy (non-hydrogen) atoms. The Kier molecular flexibility index (Phi) is 5.64. The van der Waals surface area contributed by atoms with E-state index in [1.165, 1.54) is 18.2 Å². The molecule has 0 saturated carbocycles. The number of halogens is 2. The first kappa shape index (κ1) is 13.7. The summed E-state index contributed by atoms with van der Waals surface area (Å²) in [7, 11) is 0. The standard InChI is InChI=1S/C12H12BrFN2O/c13-11-5-4-9(14)8-10(11)12(17)16-7-3-1-2-6-15/h4-5,8H,1-3,7H2,(H,16,17). The molecule has 3 nitrogen and oxygen atoms in total. The SMILES string of the molecule is N#CCCCCNC(=O)c1cc(F)ccc1Br. The fourth-order valence-corrected chi connectivity index (χ4v) is 1.72. The van der Waals surface area contributed by atoms with Crippen LogP contribution in [0.5, 0.6) is 0 Å². The van der Waals surface area contributed by atoms with Crippen LogP contribution in [-0.2, 0) is 0 Å². The van der Waals surface area contributed by atoms with Crippen molar-refractivity contribution >= 4 is 21.8 Å². The Hall–Kier alpha value is -1.41. The van der Waals surface area contributed by atoms with Crippen LogP contribution in [0, 0.1) is 17.1 Å². The average molecular weight is 299 g/mol. The molecule has 1 aromatic carbocycles. The van der Waals surface area contributed by atoms with Gasteiger partial charge in [0.1, 0.15) is 5.82 Å². The van der Waals surface area contributed by atoms with Gasteiger partial charge < -0.3 is 5.32 Å². The summed E-state index contributed by atoms with van der Waals surface area (Å²) < 4.78 is 13.5. The minimum Gasteiger partial charge on any atom is -0.352 e. The molecule has 90 valence electrons. The van der Waals surface area contributed by atoms with Crippen molar-refractivity contribution < 1.29 is 9.18 Å². The summed E-state index contributed by atoms with van der Waals surface area (Å²) in [6, 6.07) is 6.01. The van der Waals surface area contributed by atoms with Gasteiger partial charge in [0.05, 0.1) is 11.6 Å². The van der Waals surface area contributed by atoms with Crippen molar-refractivity contribution in [3.05, 3.63) is 34.1 Å². The zero-order chi connectivity index (χ0) is 12.7. The average Bonchev–Trinajstić information content (AvgIpc) is 2.32. The van der Waals surface area contributed by atoms with Crippen molar-refractivity contribution in [1.82, 2.24) is 5.32 Å². The number of hydrogen-bond acceptors (Lipinski definition) is 2. The molecule has 0 aromatic heterocycles. The van der Waals surface area contributed by atoms with Gasteiger partial charge in [0.15, 0.2) is 0 Å². The molecule has 0 unspecified atom stereocenters. The highest BCUT2D eigenvalue weighted by Gasteiger charge is 2.10. The van der Waals surface area contributed by atoms with E-state index in [0.29, 0.717) is 17.4 Å². The van der Waals surface area contributed by atoms with E-state index in [0.717, 1.165) is 12.8 Å². The molecular weight excluding hydrogens is 287 g/mol. The summed E-state index contributed by atoms with van der Waals surface area (Å²) in [5.41, 5.74) is 0.283. The molecule has 0 aliphatic rings. The van der Waals surface area contributed by atoms with Crippen LogP contribution >= 0.6 is 15.9 Å². The zero-order valence-electron chi connectivity index (χ0n) is 9.17. The summed E-state index contributed by atoms with van der Waals surface area (Å²) in [4.78, 5) is 11.7. The lowest BCUT2D eigenvalue weighted by Gasteiger charge is -2.06. The second-order valence-electron chi connectivity index (χ2n) is 3.50. The van der Waals surface area contributed by atoms with Gasteiger partial charge in [-0.25, -0.2) is 4.39 Å². The molecule has 0 spiro atoms. The largest absolute Gasteiger partial charge is 0.352 e. The third-order valence-corrected chi connectivity index (χ3v) is 2.87. The number of nitriles is 1. The second kappa shape index (κ2) is 7.02. The highest BCUT2D eigenvalue weighted by molar-refractivity contribution is 9.10. The molecule has 0 atom stereocenters. The predicted octanol–water partition coefficient (Wildman–Crippen LogP) is 3.01. The first-order chi connectivity index (χ1) is 8.15. The number of amides is 1. The first-order valence-corrected chi connectivity index (χ1v) is 6.04. The van der Waals surface area contributed by atoms with Gasteiger partial charge in [0, 0.05) is 17.4 Å². The Labute approximate surface area is 108 Å². The molecule has 1 aromatic rings. The van der Waals surface area contributed by atoms with Gasteiger partial charge in [-0.2, -0.15) is 5.26 Å². The Morgan fingerprint density at radius 2 is 2.24 bits per heavy atom. The van der Waals surface area contributed by atoms with Crippen molar-refractivity contribution in [2.24, 2.45) is 0 Å². The molecule has 1 amide bonds. The number of nitrogens with zero attached hydrogens (tertiary/aromatic N) is 1. The highest BCUT2D eigenvalue weighted by Crippen LogP contribution is 2.17. The summed E-state index contributed by atoms with van der Waals surface area (Å²) in [6.07, 6.45) is 1.98. The maximum atomic E-state index is 13.0. The Morgan fingerprint density at radius 1 is 1.47 bits per heavy atom. The van der Waals surface area contributed by atoms with E-state index < -0.39 is 5.82 Å². The molecule has 1 N–H and O–H groups in total. The molecule has 1 rings (SSSR count). The van der Waals surface area contributed by atoms with Crippen LogP contribution in [0.15, 0.2) is 22.7 Å². The Bertz CT molecular complexity index is 443. The van der Waals surface area contributed by atoms with Gasteiger partial charge in [0.25, 0.3) is 5.91 Å². The third kappa shape index (κ3) is 4.53. The van der Waals surface area contributed by atoms with Gasteiger partial charge in [0.2, 0.25) is 0 Å². The van der Waals surface area contributed by atoms with Crippen LogP contribution in [0.4, 0.5) is 4.39 Å². The summed E-state index contributed by atoms with van der Waals surface area (Å²) in [5.74, 6) is -0.754. The van der Waals surface area contributed by atoms with E-state index >= 15 is 0 Å². The predicted molar refractivity (Wildman–Crippen MR) is 65.9 cm³/mol. The van der Waals surface area contributed by atoms with Crippen LogP contribution < -0.4 is 5.32 Å². The third-order valence-electron chi connectivity index (χ3n) is 2.17. The first-order valence-electron chi connectivity index (χ1n) is 5.25. The molecule has 5 heteroatoms. The summed E-state index contributed by atoms with van der Waals surface area (Å²) >= 11 is 3.19. The van der Waals surface area contributed by atoms with Crippen LogP contribution in [-0.4, -0.2) is 12.5 Å².